The summed E-state index contributed by atoms with van der Waals surface area (Å²) >= 11 is 2.07. The maximum Gasteiger partial charge on any atom is 0.133 e. The second-order valence-electron chi connectivity index (χ2n) is 5.60. The lowest BCUT2D eigenvalue weighted by atomic mass is 10.1. The number of hydrogen-bond donors (Lipinski definition) is 1. The Kier molecular flexibility index (Phi) is 5.73. The van der Waals surface area contributed by atoms with Gasteiger partial charge in [-0.3, -0.25) is 0 Å². The maximum absolute atomic E-state index is 4.69. The van der Waals surface area contributed by atoms with Crippen molar-refractivity contribution in [3.8, 4) is 0 Å². The molecule has 3 nitrogen and oxygen atoms in total. The van der Waals surface area contributed by atoms with Crippen LogP contribution in [0.1, 0.15) is 45.7 Å². The first-order chi connectivity index (χ1) is 9.65. The molecule has 20 heavy (non-hydrogen) atoms. The van der Waals surface area contributed by atoms with Crippen LogP contribution in [0.4, 0.5) is 5.82 Å². The summed E-state index contributed by atoms with van der Waals surface area (Å²) in [6, 6.07) is 5.17. The molecule has 1 aromatic rings. The molecule has 1 N–H and O–H groups in total. The van der Waals surface area contributed by atoms with Crippen LogP contribution in [0.15, 0.2) is 18.3 Å². The second kappa shape index (κ2) is 7.32. The molecular formula is C16H27N3S. The number of nitrogens with one attached hydrogen (secondary N) is 1. The van der Waals surface area contributed by atoms with Crippen LogP contribution in [0.5, 0.6) is 0 Å². The zero-order valence-electron chi connectivity index (χ0n) is 13.1. The van der Waals surface area contributed by atoms with Crippen molar-refractivity contribution in [1.82, 2.24) is 10.3 Å². The Balaban J connectivity index is 2.22. The van der Waals surface area contributed by atoms with Crippen molar-refractivity contribution in [2.45, 2.75) is 51.4 Å². The highest BCUT2D eigenvalue weighted by Crippen LogP contribution is 2.31. The van der Waals surface area contributed by atoms with Crippen molar-refractivity contribution in [2.75, 3.05) is 23.7 Å². The summed E-state index contributed by atoms with van der Waals surface area (Å²) in [6.07, 6.45) is 3.08. The van der Waals surface area contributed by atoms with Crippen LogP contribution in [0, 0.1) is 0 Å². The Morgan fingerprint density at radius 3 is 3.05 bits per heavy atom. The van der Waals surface area contributed by atoms with Crippen LogP contribution in [0.3, 0.4) is 0 Å². The molecule has 0 bridgehead atoms. The summed E-state index contributed by atoms with van der Waals surface area (Å²) in [5, 5.41) is 4.25. The molecule has 0 aromatic carbocycles. The third-order valence-corrected chi connectivity index (χ3v) is 5.48. The third kappa shape index (κ3) is 3.47. The van der Waals surface area contributed by atoms with E-state index in [1.165, 1.54) is 17.1 Å². The van der Waals surface area contributed by atoms with Gasteiger partial charge in [-0.15, -0.1) is 0 Å². The average Bonchev–Trinajstić information content (AvgIpc) is 2.47. The molecule has 0 aliphatic carbocycles. The van der Waals surface area contributed by atoms with Crippen LogP contribution in [0.2, 0.25) is 0 Å². The number of aromatic nitrogens is 1. The molecular weight excluding hydrogens is 266 g/mol. The lowest BCUT2D eigenvalue weighted by Crippen LogP contribution is -2.45. The van der Waals surface area contributed by atoms with E-state index in [9.17, 15) is 0 Å². The van der Waals surface area contributed by atoms with Gasteiger partial charge in [0.25, 0.3) is 0 Å². The van der Waals surface area contributed by atoms with Gasteiger partial charge in [0.05, 0.1) is 0 Å². The molecule has 2 rings (SSSR count). The Labute approximate surface area is 127 Å². The van der Waals surface area contributed by atoms with Crippen molar-refractivity contribution >= 4 is 17.6 Å². The Hall–Kier alpha value is -0.740. The summed E-state index contributed by atoms with van der Waals surface area (Å²) in [5.74, 6) is 2.36. The van der Waals surface area contributed by atoms with E-state index in [1.807, 2.05) is 6.20 Å². The van der Waals surface area contributed by atoms with Gasteiger partial charge < -0.3 is 10.2 Å². The van der Waals surface area contributed by atoms with Crippen molar-refractivity contribution in [3.05, 3.63) is 23.9 Å². The quantitative estimate of drug-likeness (QED) is 0.900. The van der Waals surface area contributed by atoms with E-state index >= 15 is 0 Å². The number of hydrogen-bond acceptors (Lipinski definition) is 4. The normalized spacial score (nSPS) is 24.7. The summed E-state index contributed by atoms with van der Waals surface area (Å²) in [6.45, 7) is 11.2. The van der Waals surface area contributed by atoms with Crippen LogP contribution in [-0.4, -0.2) is 35.1 Å². The minimum atomic E-state index is 0.357. The maximum atomic E-state index is 4.69. The smallest absolute Gasteiger partial charge is 0.133 e. The highest BCUT2D eigenvalue weighted by molar-refractivity contribution is 8.00. The van der Waals surface area contributed by atoms with Gasteiger partial charge in [-0.1, -0.05) is 19.9 Å². The molecule has 4 heteroatoms. The number of thioether (sulfide) groups is 1. The molecule has 3 atom stereocenters. The van der Waals surface area contributed by atoms with E-state index in [1.54, 1.807) is 0 Å². The molecule has 1 aliphatic rings. The zero-order chi connectivity index (χ0) is 14.5. The van der Waals surface area contributed by atoms with Crippen molar-refractivity contribution in [3.63, 3.8) is 0 Å². The summed E-state index contributed by atoms with van der Waals surface area (Å²) in [7, 11) is 0. The van der Waals surface area contributed by atoms with E-state index < -0.39 is 0 Å². The fourth-order valence-electron chi connectivity index (χ4n) is 2.69. The first-order valence-electron chi connectivity index (χ1n) is 7.71. The fourth-order valence-corrected chi connectivity index (χ4v) is 3.79. The number of anilines is 1. The molecule has 1 aliphatic heterocycles. The molecule has 0 radical (unpaired) electrons. The number of nitrogens with zero attached hydrogens (tertiary/aromatic N) is 2. The van der Waals surface area contributed by atoms with Gasteiger partial charge in [0.15, 0.2) is 0 Å². The van der Waals surface area contributed by atoms with Crippen LogP contribution in [-0.2, 0) is 0 Å². The second-order valence-corrected chi connectivity index (χ2v) is 7.09. The van der Waals surface area contributed by atoms with Crippen molar-refractivity contribution < 1.29 is 0 Å². The summed E-state index contributed by atoms with van der Waals surface area (Å²) in [5.41, 5.74) is 1.33. The fraction of sp³-hybridized carbons (Fsp3) is 0.688. The van der Waals surface area contributed by atoms with E-state index in [2.05, 4.69) is 61.8 Å². The Morgan fingerprint density at radius 1 is 1.50 bits per heavy atom. The SMILES string of the molecule is CCCNC(C)c1cccnc1N1CCSC(C)C1C. The van der Waals surface area contributed by atoms with Gasteiger partial charge in [-0.2, -0.15) is 11.8 Å². The molecule has 2 heterocycles. The van der Waals surface area contributed by atoms with E-state index in [0.717, 1.165) is 19.5 Å². The zero-order valence-corrected chi connectivity index (χ0v) is 13.9. The van der Waals surface area contributed by atoms with E-state index in [0.29, 0.717) is 17.3 Å². The molecule has 1 fully saturated rings. The predicted octanol–water partition coefficient (Wildman–Crippen LogP) is 3.47. The largest absolute Gasteiger partial charge is 0.352 e. The minimum absolute atomic E-state index is 0.357. The van der Waals surface area contributed by atoms with E-state index in [-0.39, 0.29) is 0 Å². The van der Waals surface area contributed by atoms with Gasteiger partial charge >= 0.3 is 0 Å². The van der Waals surface area contributed by atoms with Gasteiger partial charge in [-0.25, -0.2) is 4.98 Å². The molecule has 112 valence electrons. The van der Waals surface area contributed by atoms with E-state index in [4.69, 9.17) is 4.98 Å². The molecule has 0 amide bonds. The highest BCUT2D eigenvalue weighted by Gasteiger charge is 2.28. The lowest BCUT2D eigenvalue weighted by Gasteiger charge is -2.39. The topological polar surface area (TPSA) is 28.2 Å². The van der Waals surface area contributed by atoms with Gasteiger partial charge in [0.2, 0.25) is 0 Å². The lowest BCUT2D eigenvalue weighted by molar-refractivity contribution is 0.558. The molecule has 1 saturated heterocycles. The predicted molar refractivity (Wildman–Crippen MR) is 89.7 cm³/mol. The van der Waals surface area contributed by atoms with Crippen LogP contribution < -0.4 is 10.2 Å². The Morgan fingerprint density at radius 2 is 2.30 bits per heavy atom. The number of rotatable bonds is 5. The Bertz CT molecular complexity index is 424. The minimum Gasteiger partial charge on any atom is -0.352 e. The number of pyridine rings is 1. The summed E-state index contributed by atoms with van der Waals surface area (Å²) < 4.78 is 0. The van der Waals surface area contributed by atoms with Crippen molar-refractivity contribution in [1.29, 1.82) is 0 Å². The van der Waals surface area contributed by atoms with Crippen LogP contribution >= 0.6 is 11.8 Å². The third-order valence-electron chi connectivity index (χ3n) is 4.14. The average molecular weight is 293 g/mol. The first kappa shape index (κ1) is 15.6. The van der Waals surface area contributed by atoms with Crippen molar-refractivity contribution in [2.24, 2.45) is 0 Å². The molecule has 0 saturated carbocycles. The monoisotopic (exact) mass is 293 g/mol. The first-order valence-corrected chi connectivity index (χ1v) is 8.76. The molecule has 3 unspecified atom stereocenters. The van der Waals surface area contributed by atoms with Gasteiger partial charge in [0.1, 0.15) is 5.82 Å². The highest BCUT2D eigenvalue weighted by atomic mass is 32.2. The van der Waals surface area contributed by atoms with Crippen LogP contribution in [0.25, 0.3) is 0 Å². The molecule has 1 aromatic heterocycles. The van der Waals surface area contributed by atoms with Gasteiger partial charge in [-0.05, 0) is 32.9 Å². The standard InChI is InChI=1S/C16H27N3S/c1-5-8-17-12(2)15-7-6-9-18-16(15)19-10-11-20-14(4)13(19)3/h6-7,9,12-14,17H,5,8,10-11H2,1-4H3. The van der Waals surface area contributed by atoms with Gasteiger partial charge in [0, 0.05) is 41.4 Å². The summed E-state index contributed by atoms with van der Waals surface area (Å²) in [4.78, 5) is 7.18. The molecule has 0 spiro atoms.